The Bertz CT molecular complexity index is 492. The van der Waals surface area contributed by atoms with E-state index < -0.39 is 4.92 Å². The molecule has 8 heteroatoms. The highest BCUT2D eigenvalue weighted by Crippen LogP contribution is 2.18. The van der Waals surface area contributed by atoms with E-state index in [4.69, 9.17) is 4.74 Å². The molecule has 1 aliphatic heterocycles. The summed E-state index contributed by atoms with van der Waals surface area (Å²) in [6.45, 7) is 1.61. The van der Waals surface area contributed by atoms with E-state index in [0.29, 0.717) is 5.75 Å². The molecule has 21 heavy (non-hydrogen) atoms. The number of non-ortho nitro benzene ring substituents is 1. The van der Waals surface area contributed by atoms with Gasteiger partial charge in [-0.15, -0.1) is 12.4 Å². The summed E-state index contributed by atoms with van der Waals surface area (Å²) in [5, 5.41) is 16.7. The van der Waals surface area contributed by atoms with Gasteiger partial charge in [0.15, 0.2) is 6.61 Å². The van der Waals surface area contributed by atoms with Crippen LogP contribution in [0.4, 0.5) is 5.69 Å². The van der Waals surface area contributed by atoms with Crippen LogP contribution in [0.25, 0.3) is 0 Å². The number of halogens is 1. The SMILES string of the molecule is Cl.O=C(COc1cccc([N+](=O)[O-])c1)NC1CCCNC1. The molecule has 1 aromatic rings. The molecular formula is C13H18ClN3O4. The lowest BCUT2D eigenvalue weighted by Gasteiger charge is -2.23. The molecule has 0 bridgehead atoms. The molecule has 0 aromatic heterocycles. The van der Waals surface area contributed by atoms with Crippen molar-refractivity contribution in [2.24, 2.45) is 0 Å². The molecule has 1 amide bonds. The van der Waals surface area contributed by atoms with Gasteiger partial charge in [-0.05, 0) is 25.5 Å². The number of carbonyl (C=O) groups is 1. The predicted molar refractivity (Wildman–Crippen MR) is 79.9 cm³/mol. The molecule has 1 heterocycles. The fourth-order valence-corrected chi connectivity index (χ4v) is 2.08. The quantitative estimate of drug-likeness (QED) is 0.630. The van der Waals surface area contributed by atoms with Crippen LogP contribution in [0, 0.1) is 10.1 Å². The molecule has 1 aliphatic rings. The van der Waals surface area contributed by atoms with Crippen molar-refractivity contribution in [2.45, 2.75) is 18.9 Å². The zero-order chi connectivity index (χ0) is 14.4. The van der Waals surface area contributed by atoms with E-state index >= 15 is 0 Å². The van der Waals surface area contributed by atoms with Gasteiger partial charge in [0, 0.05) is 18.7 Å². The third-order valence-corrected chi connectivity index (χ3v) is 3.06. The number of nitro groups is 1. The Morgan fingerprint density at radius 3 is 3.00 bits per heavy atom. The molecule has 1 unspecified atom stereocenters. The highest BCUT2D eigenvalue weighted by molar-refractivity contribution is 5.85. The van der Waals surface area contributed by atoms with E-state index in [1.165, 1.54) is 18.2 Å². The highest BCUT2D eigenvalue weighted by atomic mass is 35.5. The number of hydrogen-bond donors (Lipinski definition) is 2. The van der Waals surface area contributed by atoms with E-state index in [0.717, 1.165) is 25.9 Å². The zero-order valence-electron chi connectivity index (χ0n) is 11.4. The largest absolute Gasteiger partial charge is 0.484 e. The van der Waals surface area contributed by atoms with Crippen molar-refractivity contribution in [3.05, 3.63) is 34.4 Å². The lowest BCUT2D eigenvalue weighted by atomic mass is 10.1. The second-order valence-corrected chi connectivity index (χ2v) is 4.65. The molecule has 1 fully saturated rings. The monoisotopic (exact) mass is 315 g/mol. The van der Waals surface area contributed by atoms with Gasteiger partial charge < -0.3 is 15.4 Å². The van der Waals surface area contributed by atoms with Gasteiger partial charge in [0.05, 0.1) is 11.0 Å². The Hall–Kier alpha value is -1.86. The van der Waals surface area contributed by atoms with Gasteiger partial charge in [-0.3, -0.25) is 14.9 Å². The Kier molecular flexibility index (Phi) is 6.90. The third kappa shape index (κ3) is 5.57. The van der Waals surface area contributed by atoms with Crippen molar-refractivity contribution in [3.63, 3.8) is 0 Å². The number of piperidine rings is 1. The summed E-state index contributed by atoms with van der Waals surface area (Å²) in [6.07, 6.45) is 1.99. The number of carbonyl (C=O) groups excluding carboxylic acids is 1. The number of benzene rings is 1. The Labute approximate surface area is 128 Å². The van der Waals surface area contributed by atoms with Crippen molar-refractivity contribution < 1.29 is 14.5 Å². The lowest BCUT2D eigenvalue weighted by molar-refractivity contribution is -0.384. The van der Waals surface area contributed by atoms with Crippen LogP contribution in [0.2, 0.25) is 0 Å². The molecule has 1 aromatic carbocycles. The van der Waals surface area contributed by atoms with Gasteiger partial charge in [-0.2, -0.15) is 0 Å². The third-order valence-electron chi connectivity index (χ3n) is 3.06. The average Bonchev–Trinajstić information content (AvgIpc) is 2.46. The van der Waals surface area contributed by atoms with Crippen LogP contribution < -0.4 is 15.4 Å². The minimum atomic E-state index is -0.499. The number of rotatable bonds is 5. The maximum absolute atomic E-state index is 11.7. The van der Waals surface area contributed by atoms with Gasteiger partial charge in [0.25, 0.3) is 11.6 Å². The van der Waals surface area contributed by atoms with E-state index in [1.54, 1.807) is 6.07 Å². The predicted octanol–water partition coefficient (Wildman–Crippen LogP) is 1.26. The minimum absolute atomic E-state index is 0. The zero-order valence-corrected chi connectivity index (χ0v) is 12.2. The lowest BCUT2D eigenvalue weighted by Crippen LogP contribution is -2.46. The number of amides is 1. The summed E-state index contributed by atoms with van der Waals surface area (Å²) in [5.41, 5.74) is -0.0561. The van der Waals surface area contributed by atoms with Crippen molar-refractivity contribution >= 4 is 24.0 Å². The molecule has 0 saturated carbocycles. The number of nitrogens with zero attached hydrogens (tertiary/aromatic N) is 1. The van der Waals surface area contributed by atoms with Gasteiger partial charge in [0.2, 0.25) is 0 Å². The number of ether oxygens (including phenoxy) is 1. The topological polar surface area (TPSA) is 93.5 Å². The molecular weight excluding hydrogens is 298 g/mol. The second-order valence-electron chi connectivity index (χ2n) is 4.65. The summed E-state index contributed by atoms with van der Waals surface area (Å²) in [5.74, 6) is 0.0984. The first-order valence-corrected chi connectivity index (χ1v) is 6.52. The average molecular weight is 316 g/mol. The normalized spacial score (nSPS) is 17.4. The fourth-order valence-electron chi connectivity index (χ4n) is 2.08. The standard InChI is InChI=1S/C13H17N3O4.ClH/c17-13(15-10-3-2-6-14-8-10)9-20-12-5-1-4-11(7-12)16(18)19;/h1,4-5,7,10,14H,2-3,6,8-9H2,(H,15,17);1H. The van der Waals surface area contributed by atoms with Crippen molar-refractivity contribution in [3.8, 4) is 5.75 Å². The van der Waals surface area contributed by atoms with Crippen LogP contribution in [0.1, 0.15) is 12.8 Å². The molecule has 0 radical (unpaired) electrons. The molecule has 0 aliphatic carbocycles. The summed E-state index contributed by atoms with van der Waals surface area (Å²) < 4.78 is 5.26. The van der Waals surface area contributed by atoms with Crippen LogP contribution in [-0.2, 0) is 4.79 Å². The number of nitro benzene ring substituents is 1. The molecule has 2 rings (SSSR count). The molecule has 116 valence electrons. The van der Waals surface area contributed by atoms with Crippen LogP contribution in [0.5, 0.6) is 5.75 Å². The number of nitrogens with one attached hydrogen (secondary N) is 2. The summed E-state index contributed by atoms with van der Waals surface area (Å²) in [7, 11) is 0. The Morgan fingerprint density at radius 1 is 1.52 bits per heavy atom. The van der Waals surface area contributed by atoms with Crippen LogP contribution in [0.3, 0.4) is 0 Å². The van der Waals surface area contributed by atoms with Crippen molar-refractivity contribution in [1.29, 1.82) is 0 Å². The maximum Gasteiger partial charge on any atom is 0.273 e. The van der Waals surface area contributed by atoms with E-state index in [2.05, 4.69) is 10.6 Å². The second kappa shape index (κ2) is 8.43. The summed E-state index contributed by atoms with van der Waals surface area (Å²) in [4.78, 5) is 21.8. The summed E-state index contributed by atoms with van der Waals surface area (Å²) >= 11 is 0. The van der Waals surface area contributed by atoms with E-state index in [-0.39, 0.29) is 36.7 Å². The van der Waals surface area contributed by atoms with Gasteiger partial charge in [-0.25, -0.2) is 0 Å². The molecule has 0 spiro atoms. The van der Waals surface area contributed by atoms with Crippen molar-refractivity contribution in [1.82, 2.24) is 10.6 Å². The summed E-state index contributed by atoms with van der Waals surface area (Å²) in [6, 6.07) is 5.92. The van der Waals surface area contributed by atoms with Gasteiger partial charge >= 0.3 is 0 Å². The van der Waals surface area contributed by atoms with Gasteiger partial charge in [-0.1, -0.05) is 6.07 Å². The van der Waals surface area contributed by atoms with E-state index in [9.17, 15) is 14.9 Å². The Morgan fingerprint density at radius 2 is 2.33 bits per heavy atom. The number of hydrogen-bond acceptors (Lipinski definition) is 5. The molecule has 7 nitrogen and oxygen atoms in total. The van der Waals surface area contributed by atoms with Gasteiger partial charge in [0.1, 0.15) is 5.75 Å². The molecule has 1 saturated heterocycles. The first-order chi connectivity index (χ1) is 9.65. The maximum atomic E-state index is 11.7. The van der Waals surface area contributed by atoms with Crippen LogP contribution >= 0.6 is 12.4 Å². The molecule has 1 atom stereocenters. The fraction of sp³-hybridized carbons (Fsp3) is 0.462. The smallest absolute Gasteiger partial charge is 0.273 e. The minimum Gasteiger partial charge on any atom is -0.484 e. The van der Waals surface area contributed by atoms with Crippen LogP contribution in [0.15, 0.2) is 24.3 Å². The van der Waals surface area contributed by atoms with Crippen molar-refractivity contribution in [2.75, 3.05) is 19.7 Å². The molecule has 2 N–H and O–H groups in total. The Balaban J connectivity index is 0.00000220. The highest BCUT2D eigenvalue weighted by Gasteiger charge is 2.15. The van der Waals surface area contributed by atoms with Crippen LogP contribution in [-0.4, -0.2) is 36.6 Å². The van der Waals surface area contributed by atoms with E-state index in [1.807, 2.05) is 0 Å². The first kappa shape index (κ1) is 17.2. The first-order valence-electron chi connectivity index (χ1n) is 6.52.